The van der Waals surface area contributed by atoms with Gasteiger partial charge < -0.3 is 5.11 Å². The Labute approximate surface area is 114 Å². The van der Waals surface area contributed by atoms with Gasteiger partial charge in [-0.1, -0.05) is 15.9 Å². The summed E-state index contributed by atoms with van der Waals surface area (Å²) in [7, 11) is 0. The number of hydrogen-bond acceptors (Lipinski definition) is 2. The molecular formula is C13H15BrFNO2. The Morgan fingerprint density at radius 2 is 2.33 bits per heavy atom. The number of benzene rings is 1. The van der Waals surface area contributed by atoms with E-state index in [-0.39, 0.29) is 18.3 Å². The number of carboxylic acid groups (broad SMARTS) is 1. The quantitative estimate of drug-likeness (QED) is 0.928. The molecule has 1 saturated heterocycles. The van der Waals surface area contributed by atoms with Crippen molar-refractivity contribution in [3.8, 4) is 0 Å². The molecule has 0 aliphatic carbocycles. The van der Waals surface area contributed by atoms with Crippen LogP contribution in [0.15, 0.2) is 22.7 Å². The summed E-state index contributed by atoms with van der Waals surface area (Å²) < 4.78 is 14.1. The highest BCUT2D eigenvalue weighted by Gasteiger charge is 2.26. The van der Waals surface area contributed by atoms with Crippen LogP contribution in [0.1, 0.15) is 24.8 Å². The van der Waals surface area contributed by atoms with E-state index in [2.05, 4.69) is 20.8 Å². The predicted molar refractivity (Wildman–Crippen MR) is 69.8 cm³/mol. The van der Waals surface area contributed by atoms with Crippen molar-refractivity contribution in [2.75, 3.05) is 6.54 Å². The molecule has 1 aliphatic rings. The van der Waals surface area contributed by atoms with E-state index < -0.39 is 5.97 Å². The van der Waals surface area contributed by atoms with Crippen LogP contribution in [0.4, 0.5) is 4.39 Å². The average Bonchev–Trinajstić information content (AvgIpc) is 2.70. The van der Waals surface area contributed by atoms with Gasteiger partial charge in [0, 0.05) is 17.1 Å². The highest BCUT2D eigenvalue weighted by atomic mass is 79.9. The van der Waals surface area contributed by atoms with Crippen LogP contribution in [0.3, 0.4) is 0 Å². The highest BCUT2D eigenvalue weighted by molar-refractivity contribution is 9.10. The van der Waals surface area contributed by atoms with Crippen molar-refractivity contribution in [3.05, 3.63) is 34.1 Å². The first-order valence-corrected chi connectivity index (χ1v) is 6.75. The molecule has 0 bridgehead atoms. The Bertz CT molecular complexity index is 453. The summed E-state index contributed by atoms with van der Waals surface area (Å²) in [5.74, 6) is -1.03. The zero-order valence-electron chi connectivity index (χ0n) is 9.90. The summed E-state index contributed by atoms with van der Waals surface area (Å²) >= 11 is 3.40. The molecule has 1 fully saturated rings. The molecule has 3 nitrogen and oxygen atoms in total. The number of halogens is 2. The number of likely N-dealkylation sites (tertiary alicyclic amines) is 1. The highest BCUT2D eigenvalue weighted by Crippen LogP contribution is 2.26. The van der Waals surface area contributed by atoms with E-state index in [1.165, 1.54) is 12.1 Å². The van der Waals surface area contributed by atoms with Gasteiger partial charge in [-0.25, -0.2) is 4.39 Å². The minimum absolute atomic E-state index is 0.0673. The molecule has 1 heterocycles. The summed E-state index contributed by atoms with van der Waals surface area (Å²) in [6.07, 6.45) is 2.07. The Kier molecular flexibility index (Phi) is 4.35. The fourth-order valence-corrected chi connectivity index (χ4v) is 2.79. The van der Waals surface area contributed by atoms with Crippen LogP contribution in [0.5, 0.6) is 0 Å². The van der Waals surface area contributed by atoms with E-state index in [0.29, 0.717) is 6.54 Å². The van der Waals surface area contributed by atoms with Crippen LogP contribution in [-0.4, -0.2) is 28.6 Å². The lowest BCUT2D eigenvalue weighted by Gasteiger charge is -2.23. The Hall–Kier alpha value is -0.940. The zero-order valence-corrected chi connectivity index (χ0v) is 11.5. The summed E-state index contributed by atoms with van der Waals surface area (Å²) in [5, 5.41) is 8.86. The SMILES string of the molecule is O=C(O)CC1CCCN1Cc1cc(F)ccc1Br. The van der Waals surface area contributed by atoms with Crippen molar-refractivity contribution >= 4 is 21.9 Å². The molecule has 1 aromatic rings. The second kappa shape index (κ2) is 5.80. The molecule has 0 radical (unpaired) electrons. The number of hydrogen-bond donors (Lipinski definition) is 1. The summed E-state index contributed by atoms with van der Waals surface area (Å²) in [5.41, 5.74) is 0.868. The van der Waals surface area contributed by atoms with Crippen LogP contribution in [0, 0.1) is 5.82 Å². The van der Waals surface area contributed by atoms with E-state index in [0.717, 1.165) is 29.4 Å². The lowest BCUT2D eigenvalue weighted by molar-refractivity contribution is -0.138. The second-order valence-corrected chi connectivity index (χ2v) is 5.45. The summed E-state index contributed by atoms with van der Waals surface area (Å²) in [4.78, 5) is 12.9. The first-order valence-electron chi connectivity index (χ1n) is 5.96. The Morgan fingerprint density at radius 1 is 1.56 bits per heavy atom. The predicted octanol–water partition coefficient (Wildman–Crippen LogP) is 3.03. The molecular weight excluding hydrogens is 301 g/mol. The van der Waals surface area contributed by atoms with Gasteiger partial charge in [-0.15, -0.1) is 0 Å². The van der Waals surface area contributed by atoms with Gasteiger partial charge in [0.25, 0.3) is 0 Å². The third-order valence-electron chi connectivity index (χ3n) is 3.29. The number of nitrogens with zero attached hydrogens (tertiary/aromatic N) is 1. The fourth-order valence-electron chi connectivity index (χ4n) is 2.42. The van der Waals surface area contributed by atoms with Crippen molar-refractivity contribution in [2.24, 2.45) is 0 Å². The fraction of sp³-hybridized carbons (Fsp3) is 0.462. The van der Waals surface area contributed by atoms with Gasteiger partial charge in [0.1, 0.15) is 5.82 Å². The number of carbonyl (C=O) groups is 1. The smallest absolute Gasteiger partial charge is 0.304 e. The molecule has 0 amide bonds. The minimum atomic E-state index is -0.773. The van der Waals surface area contributed by atoms with Gasteiger partial charge >= 0.3 is 5.97 Å². The maximum Gasteiger partial charge on any atom is 0.304 e. The lowest BCUT2D eigenvalue weighted by atomic mass is 10.1. The monoisotopic (exact) mass is 315 g/mol. The van der Waals surface area contributed by atoms with E-state index in [4.69, 9.17) is 5.11 Å². The normalized spacial score (nSPS) is 20.2. The number of carboxylic acids is 1. The molecule has 1 aromatic carbocycles. The first kappa shape index (κ1) is 13.5. The van der Waals surface area contributed by atoms with Crippen LogP contribution >= 0.6 is 15.9 Å². The van der Waals surface area contributed by atoms with Gasteiger partial charge in [-0.05, 0) is 43.1 Å². The maximum absolute atomic E-state index is 13.2. The molecule has 18 heavy (non-hydrogen) atoms. The molecule has 0 spiro atoms. The standard InChI is InChI=1S/C13H15BrFNO2/c14-12-4-3-10(15)6-9(12)8-16-5-1-2-11(16)7-13(17)18/h3-4,6,11H,1-2,5,7-8H2,(H,17,18). The minimum Gasteiger partial charge on any atom is -0.481 e. The van der Waals surface area contributed by atoms with E-state index in [1.54, 1.807) is 6.07 Å². The topological polar surface area (TPSA) is 40.5 Å². The molecule has 0 saturated carbocycles. The van der Waals surface area contributed by atoms with Crippen LogP contribution in [0.25, 0.3) is 0 Å². The average molecular weight is 316 g/mol. The molecule has 98 valence electrons. The van der Waals surface area contributed by atoms with Gasteiger partial charge in [0.2, 0.25) is 0 Å². The van der Waals surface area contributed by atoms with Gasteiger partial charge in [-0.2, -0.15) is 0 Å². The van der Waals surface area contributed by atoms with Crippen molar-refractivity contribution in [1.29, 1.82) is 0 Å². The van der Waals surface area contributed by atoms with Crippen LogP contribution in [-0.2, 0) is 11.3 Å². The first-order chi connectivity index (χ1) is 8.56. The van der Waals surface area contributed by atoms with Crippen molar-refractivity contribution in [2.45, 2.75) is 31.8 Å². The van der Waals surface area contributed by atoms with Crippen molar-refractivity contribution in [1.82, 2.24) is 4.90 Å². The number of rotatable bonds is 4. The molecule has 1 aliphatic heterocycles. The maximum atomic E-state index is 13.2. The van der Waals surface area contributed by atoms with E-state index in [1.807, 2.05) is 0 Å². The van der Waals surface area contributed by atoms with E-state index >= 15 is 0 Å². The second-order valence-electron chi connectivity index (χ2n) is 4.60. The van der Waals surface area contributed by atoms with Gasteiger partial charge in [-0.3, -0.25) is 9.69 Å². The summed E-state index contributed by atoms with van der Waals surface area (Å²) in [6, 6.07) is 4.66. The van der Waals surface area contributed by atoms with Gasteiger partial charge in [0.15, 0.2) is 0 Å². The third-order valence-corrected chi connectivity index (χ3v) is 4.06. The molecule has 5 heteroatoms. The Balaban J connectivity index is 2.08. The molecule has 0 aromatic heterocycles. The molecule has 1 N–H and O–H groups in total. The summed E-state index contributed by atoms with van der Waals surface area (Å²) in [6.45, 7) is 1.47. The number of aliphatic carboxylic acids is 1. The Morgan fingerprint density at radius 3 is 3.06 bits per heavy atom. The largest absolute Gasteiger partial charge is 0.481 e. The lowest BCUT2D eigenvalue weighted by Crippen LogP contribution is -2.31. The molecule has 1 unspecified atom stereocenters. The van der Waals surface area contributed by atoms with Crippen molar-refractivity contribution in [3.63, 3.8) is 0 Å². The molecule has 2 rings (SSSR count). The van der Waals surface area contributed by atoms with Gasteiger partial charge in [0.05, 0.1) is 6.42 Å². The van der Waals surface area contributed by atoms with Crippen molar-refractivity contribution < 1.29 is 14.3 Å². The zero-order chi connectivity index (χ0) is 13.1. The van der Waals surface area contributed by atoms with Crippen LogP contribution in [0.2, 0.25) is 0 Å². The molecule has 1 atom stereocenters. The third kappa shape index (κ3) is 3.29. The van der Waals surface area contributed by atoms with Crippen LogP contribution < -0.4 is 0 Å². The van der Waals surface area contributed by atoms with E-state index in [9.17, 15) is 9.18 Å².